The summed E-state index contributed by atoms with van der Waals surface area (Å²) in [5, 5.41) is 4.25. The van der Waals surface area contributed by atoms with Crippen molar-refractivity contribution in [2.75, 3.05) is 0 Å². The normalized spacial score (nSPS) is 16.6. The zero-order valence-corrected chi connectivity index (χ0v) is 11.9. The van der Waals surface area contributed by atoms with Crippen molar-refractivity contribution in [3.05, 3.63) is 16.4 Å². The molecule has 0 aromatic carbocycles. The minimum Gasteiger partial charge on any atom is -0.292 e. The fourth-order valence-corrected chi connectivity index (χ4v) is 3.11. The van der Waals surface area contributed by atoms with Crippen LogP contribution in [-0.4, -0.2) is 15.6 Å². The summed E-state index contributed by atoms with van der Waals surface area (Å²) in [4.78, 5) is 12.3. The van der Waals surface area contributed by atoms with Crippen LogP contribution >= 0.6 is 15.9 Å². The number of Topliss-reactive ketones (excluding diaryl/α,β-unsaturated/α-hetero) is 1. The van der Waals surface area contributed by atoms with Gasteiger partial charge < -0.3 is 0 Å². The van der Waals surface area contributed by atoms with Gasteiger partial charge in [0.2, 0.25) is 0 Å². The number of carbonyl (C=O) groups is 1. The zero-order chi connectivity index (χ0) is 12.3. The summed E-state index contributed by atoms with van der Waals surface area (Å²) < 4.78 is 2.68. The minimum atomic E-state index is 0.245. The highest BCUT2D eigenvalue weighted by Gasteiger charge is 2.23. The van der Waals surface area contributed by atoms with Gasteiger partial charge in [-0.2, -0.15) is 5.10 Å². The van der Waals surface area contributed by atoms with Gasteiger partial charge >= 0.3 is 0 Å². The Morgan fingerprint density at radius 2 is 2.24 bits per heavy atom. The van der Waals surface area contributed by atoms with Crippen LogP contribution in [0.2, 0.25) is 0 Å². The molecule has 4 heteroatoms. The van der Waals surface area contributed by atoms with Crippen molar-refractivity contribution >= 4 is 21.7 Å². The summed E-state index contributed by atoms with van der Waals surface area (Å²) in [6.07, 6.45) is 8.42. The number of rotatable bonds is 5. The van der Waals surface area contributed by atoms with E-state index in [0.29, 0.717) is 12.3 Å². The van der Waals surface area contributed by atoms with E-state index in [4.69, 9.17) is 0 Å². The Hall–Kier alpha value is -0.640. The summed E-state index contributed by atoms with van der Waals surface area (Å²) in [6.45, 7) is 2.91. The van der Waals surface area contributed by atoms with Crippen LogP contribution in [-0.2, 0) is 6.54 Å². The number of aryl methyl sites for hydroxylation is 1. The Labute approximate surface area is 111 Å². The monoisotopic (exact) mass is 298 g/mol. The first-order valence-corrected chi connectivity index (χ1v) is 7.26. The van der Waals surface area contributed by atoms with Crippen LogP contribution in [0.4, 0.5) is 0 Å². The number of carbonyl (C=O) groups excluding carboxylic acids is 1. The molecule has 1 saturated carbocycles. The molecule has 3 nitrogen and oxygen atoms in total. The van der Waals surface area contributed by atoms with E-state index in [0.717, 1.165) is 23.1 Å². The number of ketones is 1. The third kappa shape index (κ3) is 2.97. The van der Waals surface area contributed by atoms with Crippen molar-refractivity contribution in [1.29, 1.82) is 0 Å². The van der Waals surface area contributed by atoms with E-state index in [1.54, 1.807) is 6.20 Å². The molecule has 1 heterocycles. The molecule has 0 spiro atoms. The van der Waals surface area contributed by atoms with Crippen LogP contribution in [0.3, 0.4) is 0 Å². The maximum absolute atomic E-state index is 12.3. The van der Waals surface area contributed by atoms with Gasteiger partial charge in [-0.05, 0) is 28.3 Å². The molecule has 0 radical (unpaired) electrons. The first-order valence-electron chi connectivity index (χ1n) is 6.47. The molecule has 1 aliphatic carbocycles. The van der Waals surface area contributed by atoms with Crippen LogP contribution in [0.5, 0.6) is 0 Å². The van der Waals surface area contributed by atoms with E-state index in [9.17, 15) is 4.79 Å². The minimum absolute atomic E-state index is 0.245. The Morgan fingerprint density at radius 1 is 1.53 bits per heavy atom. The smallest absolute Gasteiger partial charge is 0.182 e. The van der Waals surface area contributed by atoms with E-state index < -0.39 is 0 Å². The summed E-state index contributed by atoms with van der Waals surface area (Å²) in [6, 6.07) is 0. The van der Waals surface area contributed by atoms with Gasteiger partial charge in [0.25, 0.3) is 0 Å². The van der Waals surface area contributed by atoms with E-state index >= 15 is 0 Å². The van der Waals surface area contributed by atoms with E-state index in [1.807, 2.05) is 4.68 Å². The standard InChI is InChI=1S/C13H19BrN2O/c1-2-7-16-13(11(14)9-15-16)12(17)8-10-5-3-4-6-10/h9-10H,2-8H2,1H3. The topological polar surface area (TPSA) is 34.9 Å². The molecular weight excluding hydrogens is 280 g/mol. The van der Waals surface area contributed by atoms with E-state index in [1.165, 1.54) is 25.7 Å². The van der Waals surface area contributed by atoms with Gasteiger partial charge in [-0.25, -0.2) is 0 Å². The number of aromatic nitrogens is 2. The molecule has 1 fully saturated rings. The third-order valence-corrected chi connectivity index (χ3v) is 4.02. The first-order chi connectivity index (χ1) is 8.22. The first kappa shape index (κ1) is 12.8. The molecule has 0 unspecified atom stereocenters. The van der Waals surface area contributed by atoms with Crippen LogP contribution < -0.4 is 0 Å². The lowest BCUT2D eigenvalue weighted by Gasteiger charge is -2.09. The number of halogens is 1. The molecule has 1 aliphatic rings. The molecule has 17 heavy (non-hydrogen) atoms. The zero-order valence-electron chi connectivity index (χ0n) is 10.3. The predicted molar refractivity (Wildman–Crippen MR) is 71.1 cm³/mol. The van der Waals surface area contributed by atoms with Crippen LogP contribution in [0.25, 0.3) is 0 Å². The van der Waals surface area contributed by atoms with Crippen molar-refractivity contribution in [1.82, 2.24) is 9.78 Å². The lowest BCUT2D eigenvalue weighted by molar-refractivity contribution is 0.0950. The number of hydrogen-bond donors (Lipinski definition) is 0. The highest BCUT2D eigenvalue weighted by Crippen LogP contribution is 2.30. The van der Waals surface area contributed by atoms with Crippen molar-refractivity contribution in [2.24, 2.45) is 5.92 Å². The number of nitrogens with zero attached hydrogens (tertiary/aromatic N) is 2. The summed E-state index contributed by atoms with van der Waals surface area (Å²) in [5.41, 5.74) is 0.763. The van der Waals surface area contributed by atoms with Crippen LogP contribution in [0.15, 0.2) is 10.7 Å². The second-order valence-corrected chi connectivity index (χ2v) is 5.70. The highest BCUT2D eigenvalue weighted by atomic mass is 79.9. The van der Waals surface area contributed by atoms with Crippen molar-refractivity contribution in [3.8, 4) is 0 Å². The van der Waals surface area contributed by atoms with Gasteiger partial charge in [-0.1, -0.05) is 32.6 Å². The van der Waals surface area contributed by atoms with E-state index in [2.05, 4.69) is 28.0 Å². The van der Waals surface area contributed by atoms with Gasteiger partial charge in [0, 0.05) is 13.0 Å². The quantitative estimate of drug-likeness (QED) is 0.775. The Bertz CT molecular complexity index is 394. The molecule has 0 aliphatic heterocycles. The molecular formula is C13H19BrN2O. The van der Waals surface area contributed by atoms with Gasteiger partial charge in [-0.3, -0.25) is 9.48 Å². The average molecular weight is 299 g/mol. The van der Waals surface area contributed by atoms with Gasteiger partial charge in [0.15, 0.2) is 5.78 Å². The second kappa shape index (κ2) is 5.80. The fourth-order valence-electron chi connectivity index (χ4n) is 2.59. The summed E-state index contributed by atoms with van der Waals surface area (Å²) in [7, 11) is 0. The molecule has 0 saturated heterocycles. The molecule has 0 atom stereocenters. The molecule has 0 N–H and O–H groups in total. The lowest BCUT2D eigenvalue weighted by Crippen LogP contribution is -2.13. The Kier molecular flexibility index (Phi) is 4.37. The SMILES string of the molecule is CCCn1ncc(Br)c1C(=O)CC1CCCC1. The van der Waals surface area contributed by atoms with Gasteiger partial charge in [0.05, 0.1) is 10.7 Å². The van der Waals surface area contributed by atoms with Crippen molar-refractivity contribution in [3.63, 3.8) is 0 Å². The molecule has 94 valence electrons. The van der Waals surface area contributed by atoms with Gasteiger partial charge in [0.1, 0.15) is 5.69 Å². The van der Waals surface area contributed by atoms with Crippen LogP contribution in [0.1, 0.15) is 55.9 Å². The maximum Gasteiger partial charge on any atom is 0.182 e. The molecule has 2 rings (SSSR count). The molecule has 1 aromatic heterocycles. The predicted octanol–water partition coefficient (Wildman–Crippen LogP) is 3.82. The average Bonchev–Trinajstić information content (AvgIpc) is 2.89. The Morgan fingerprint density at radius 3 is 2.88 bits per heavy atom. The van der Waals surface area contributed by atoms with Gasteiger partial charge in [-0.15, -0.1) is 0 Å². The van der Waals surface area contributed by atoms with E-state index in [-0.39, 0.29) is 5.78 Å². The largest absolute Gasteiger partial charge is 0.292 e. The highest BCUT2D eigenvalue weighted by molar-refractivity contribution is 9.10. The fraction of sp³-hybridized carbons (Fsp3) is 0.692. The third-order valence-electron chi connectivity index (χ3n) is 3.44. The summed E-state index contributed by atoms with van der Waals surface area (Å²) >= 11 is 3.43. The van der Waals surface area contributed by atoms with Crippen molar-refractivity contribution in [2.45, 2.75) is 52.0 Å². The summed E-state index contributed by atoms with van der Waals surface area (Å²) in [5.74, 6) is 0.842. The lowest BCUT2D eigenvalue weighted by atomic mass is 9.99. The Balaban J connectivity index is 2.09. The molecule has 0 bridgehead atoms. The van der Waals surface area contributed by atoms with Crippen molar-refractivity contribution < 1.29 is 4.79 Å². The molecule has 1 aromatic rings. The van der Waals surface area contributed by atoms with Crippen LogP contribution in [0, 0.1) is 5.92 Å². The number of hydrogen-bond acceptors (Lipinski definition) is 2. The molecule has 0 amide bonds. The second-order valence-electron chi connectivity index (χ2n) is 4.84. The maximum atomic E-state index is 12.3.